The Bertz CT molecular complexity index is 852. The molecule has 1 N–H and O–H groups in total. The fourth-order valence-corrected chi connectivity index (χ4v) is 2.46. The number of aromatic nitrogens is 1. The molecule has 3 rings (SSSR count). The minimum absolute atomic E-state index is 0.226. The Morgan fingerprint density at radius 3 is 2.70 bits per heavy atom. The highest BCUT2D eigenvalue weighted by Crippen LogP contribution is 2.24. The second-order valence-corrected chi connectivity index (χ2v) is 5.62. The van der Waals surface area contributed by atoms with E-state index < -0.39 is 0 Å². The van der Waals surface area contributed by atoms with E-state index >= 15 is 0 Å². The highest BCUT2D eigenvalue weighted by molar-refractivity contribution is 5.98. The molecule has 2 aromatic heterocycles. The van der Waals surface area contributed by atoms with Crippen molar-refractivity contribution in [2.75, 3.05) is 19.0 Å². The summed E-state index contributed by atoms with van der Waals surface area (Å²) in [6, 6.07) is 13.4. The second-order valence-electron chi connectivity index (χ2n) is 5.62. The lowest BCUT2D eigenvalue weighted by molar-refractivity contribution is 0.0924. The van der Waals surface area contributed by atoms with Gasteiger partial charge >= 0.3 is 0 Å². The quantitative estimate of drug-likeness (QED) is 0.804. The maximum absolute atomic E-state index is 12.4. The van der Waals surface area contributed by atoms with E-state index in [4.69, 9.17) is 4.42 Å². The normalized spacial score (nSPS) is 10.7. The molecule has 3 aromatic rings. The van der Waals surface area contributed by atoms with E-state index in [9.17, 15) is 4.79 Å². The lowest BCUT2D eigenvalue weighted by Crippen LogP contribution is -2.24. The van der Waals surface area contributed by atoms with Crippen molar-refractivity contribution in [1.29, 1.82) is 0 Å². The number of aryl methyl sites for hydroxylation is 1. The summed E-state index contributed by atoms with van der Waals surface area (Å²) in [6.07, 6.45) is 0. The first-order chi connectivity index (χ1) is 11.1. The molecule has 2 heterocycles. The molecule has 0 aliphatic rings. The fraction of sp³-hybridized carbons (Fsp3) is 0.222. The van der Waals surface area contributed by atoms with Crippen LogP contribution >= 0.6 is 0 Å². The van der Waals surface area contributed by atoms with E-state index in [1.807, 2.05) is 68.4 Å². The number of rotatable bonds is 4. The topological polar surface area (TPSA) is 58.4 Å². The summed E-state index contributed by atoms with van der Waals surface area (Å²) in [5.74, 6) is 0.988. The van der Waals surface area contributed by atoms with Crippen LogP contribution < -0.4 is 10.2 Å². The summed E-state index contributed by atoms with van der Waals surface area (Å²) in [6.45, 7) is 2.25. The number of para-hydroxylation sites is 1. The third-order valence-electron chi connectivity index (χ3n) is 3.73. The van der Waals surface area contributed by atoms with Gasteiger partial charge in [0.2, 0.25) is 0 Å². The van der Waals surface area contributed by atoms with Gasteiger partial charge in [-0.05, 0) is 25.1 Å². The molecule has 5 heteroatoms. The van der Waals surface area contributed by atoms with Crippen molar-refractivity contribution in [3.8, 4) is 0 Å². The molecule has 0 unspecified atom stereocenters. The minimum atomic E-state index is -0.226. The summed E-state index contributed by atoms with van der Waals surface area (Å²) in [7, 11) is 3.87. The van der Waals surface area contributed by atoms with Crippen LogP contribution in [0.4, 0.5) is 5.82 Å². The van der Waals surface area contributed by atoms with Gasteiger partial charge in [0, 0.05) is 25.0 Å². The molecule has 0 aliphatic heterocycles. The Labute approximate surface area is 134 Å². The number of anilines is 1. The number of carbonyl (C=O) groups is 1. The maximum Gasteiger partial charge on any atom is 0.287 e. The van der Waals surface area contributed by atoms with Gasteiger partial charge in [-0.2, -0.15) is 0 Å². The smallest absolute Gasteiger partial charge is 0.287 e. The molecule has 0 bridgehead atoms. The fourth-order valence-electron chi connectivity index (χ4n) is 2.46. The molecule has 118 valence electrons. The summed E-state index contributed by atoms with van der Waals surface area (Å²) in [4.78, 5) is 18.8. The van der Waals surface area contributed by atoms with Crippen molar-refractivity contribution >= 4 is 22.7 Å². The Hall–Kier alpha value is -2.82. The minimum Gasteiger partial charge on any atom is -0.451 e. The van der Waals surface area contributed by atoms with Crippen LogP contribution in [0.1, 0.15) is 21.8 Å². The number of nitrogens with zero attached hydrogens (tertiary/aromatic N) is 2. The number of furan rings is 1. The third-order valence-corrected chi connectivity index (χ3v) is 3.73. The van der Waals surface area contributed by atoms with Crippen molar-refractivity contribution in [2.24, 2.45) is 0 Å². The molecule has 0 aliphatic carbocycles. The summed E-state index contributed by atoms with van der Waals surface area (Å²) in [5.41, 5.74) is 2.38. The summed E-state index contributed by atoms with van der Waals surface area (Å²) in [5, 5.41) is 3.83. The zero-order chi connectivity index (χ0) is 16.4. The molecule has 0 atom stereocenters. The first-order valence-electron chi connectivity index (χ1n) is 7.46. The van der Waals surface area contributed by atoms with Crippen molar-refractivity contribution in [3.05, 3.63) is 59.5 Å². The van der Waals surface area contributed by atoms with Gasteiger partial charge in [-0.15, -0.1) is 0 Å². The average molecular weight is 309 g/mol. The van der Waals surface area contributed by atoms with E-state index in [-0.39, 0.29) is 5.91 Å². The van der Waals surface area contributed by atoms with E-state index in [2.05, 4.69) is 10.3 Å². The first-order valence-corrected chi connectivity index (χ1v) is 7.46. The lowest BCUT2D eigenvalue weighted by Gasteiger charge is -2.12. The molecule has 0 fully saturated rings. The highest BCUT2D eigenvalue weighted by atomic mass is 16.3. The predicted octanol–water partition coefficient (Wildman–Crippen LogP) is 3.13. The summed E-state index contributed by atoms with van der Waals surface area (Å²) >= 11 is 0. The zero-order valence-electron chi connectivity index (χ0n) is 13.5. The Balaban J connectivity index is 1.76. The zero-order valence-corrected chi connectivity index (χ0v) is 13.5. The molecule has 0 radical (unpaired) electrons. The molecule has 1 amide bonds. The number of benzene rings is 1. The van der Waals surface area contributed by atoms with Crippen molar-refractivity contribution < 1.29 is 9.21 Å². The van der Waals surface area contributed by atoms with E-state index in [0.29, 0.717) is 12.3 Å². The molecular formula is C18H19N3O2. The molecule has 5 nitrogen and oxygen atoms in total. The third kappa shape index (κ3) is 3.04. The number of nitrogens with one attached hydrogen (secondary N) is 1. The number of fused-ring (bicyclic) bond motifs is 1. The number of hydrogen-bond acceptors (Lipinski definition) is 4. The molecule has 0 saturated heterocycles. The lowest BCUT2D eigenvalue weighted by atomic mass is 10.1. The molecular weight excluding hydrogens is 290 g/mol. The van der Waals surface area contributed by atoms with Gasteiger partial charge in [-0.1, -0.05) is 24.3 Å². The largest absolute Gasteiger partial charge is 0.451 e. The van der Waals surface area contributed by atoms with Crippen LogP contribution in [-0.2, 0) is 6.54 Å². The van der Waals surface area contributed by atoms with Crippen LogP contribution in [0, 0.1) is 6.92 Å². The Kier molecular flexibility index (Phi) is 4.02. The van der Waals surface area contributed by atoms with Crippen molar-refractivity contribution in [1.82, 2.24) is 10.3 Å². The van der Waals surface area contributed by atoms with Gasteiger partial charge in [0.05, 0.1) is 12.2 Å². The standard InChI is InChI=1S/C18H19N3O2/c1-12-14-8-4-5-9-15(14)23-17(12)18(22)19-11-13-7-6-10-16(20-13)21(2)3/h4-10H,11H2,1-3H3,(H,19,22). The highest BCUT2D eigenvalue weighted by Gasteiger charge is 2.17. The maximum atomic E-state index is 12.4. The van der Waals surface area contributed by atoms with Gasteiger partial charge in [-0.3, -0.25) is 4.79 Å². The predicted molar refractivity (Wildman–Crippen MR) is 90.7 cm³/mol. The van der Waals surface area contributed by atoms with Gasteiger partial charge in [-0.25, -0.2) is 4.98 Å². The van der Waals surface area contributed by atoms with Crippen LogP contribution in [0.2, 0.25) is 0 Å². The number of amides is 1. The van der Waals surface area contributed by atoms with Gasteiger partial charge in [0.1, 0.15) is 11.4 Å². The average Bonchev–Trinajstić information content (AvgIpc) is 2.90. The van der Waals surface area contributed by atoms with Gasteiger partial charge in [0.25, 0.3) is 5.91 Å². The van der Waals surface area contributed by atoms with Crippen LogP contribution in [0.5, 0.6) is 0 Å². The van der Waals surface area contributed by atoms with Crippen molar-refractivity contribution in [2.45, 2.75) is 13.5 Å². The van der Waals surface area contributed by atoms with E-state index in [1.165, 1.54) is 0 Å². The number of pyridine rings is 1. The monoisotopic (exact) mass is 309 g/mol. The molecule has 0 spiro atoms. The number of carbonyl (C=O) groups excluding carboxylic acids is 1. The van der Waals surface area contributed by atoms with Crippen LogP contribution in [0.25, 0.3) is 11.0 Å². The first kappa shape index (κ1) is 15.1. The SMILES string of the molecule is Cc1c(C(=O)NCc2cccc(N(C)C)n2)oc2ccccc12. The van der Waals surface area contributed by atoms with Gasteiger partial charge in [0.15, 0.2) is 5.76 Å². The second kappa shape index (κ2) is 6.12. The van der Waals surface area contributed by atoms with Gasteiger partial charge < -0.3 is 14.6 Å². The Morgan fingerprint density at radius 1 is 1.17 bits per heavy atom. The Morgan fingerprint density at radius 2 is 1.96 bits per heavy atom. The molecule has 1 aromatic carbocycles. The summed E-state index contributed by atoms with van der Waals surface area (Å²) < 4.78 is 5.67. The number of hydrogen-bond donors (Lipinski definition) is 1. The van der Waals surface area contributed by atoms with E-state index in [0.717, 1.165) is 28.0 Å². The van der Waals surface area contributed by atoms with E-state index in [1.54, 1.807) is 0 Å². The van der Waals surface area contributed by atoms with Crippen LogP contribution in [-0.4, -0.2) is 25.0 Å². The van der Waals surface area contributed by atoms with Crippen LogP contribution in [0.15, 0.2) is 46.9 Å². The van der Waals surface area contributed by atoms with Crippen molar-refractivity contribution in [3.63, 3.8) is 0 Å². The molecule has 0 saturated carbocycles. The van der Waals surface area contributed by atoms with Crippen LogP contribution in [0.3, 0.4) is 0 Å². The molecule has 23 heavy (non-hydrogen) atoms.